The number of amides is 2. The summed E-state index contributed by atoms with van der Waals surface area (Å²) in [5, 5.41) is 0.588. The van der Waals surface area contributed by atoms with Gasteiger partial charge in [-0.15, -0.1) is 0 Å². The van der Waals surface area contributed by atoms with Crippen LogP contribution in [0, 0.1) is 0 Å². The van der Waals surface area contributed by atoms with Crippen LogP contribution in [-0.2, 0) is 4.79 Å². The monoisotopic (exact) mass is 533 g/mol. The van der Waals surface area contributed by atoms with E-state index in [0.29, 0.717) is 26.9 Å². The second kappa shape index (κ2) is 10.1. The number of benzene rings is 3. The van der Waals surface area contributed by atoms with E-state index < -0.39 is 17.1 Å². The Balaban J connectivity index is 1.56. The van der Waals surface area contributed by atoms with Crippen molar-refractivity contribution in [3.05, 3.63) is 91.8 Å². The Hall–Kier alpha value is -2.97. The summed E-state index contributed by atoms with van der Waals surface area (Å²) in [6.07, 6.45) is 1.55. The Morgan fingerprint density at radius 1 is 0.912 bits per heavy atom. The lowest BCUT2D eigenvalue weighted by molar-refractivity contribution is -0.113. The highest BCUT2D eigenvalue weighted by Gasteiger charge is 2.36. The minimum absolute atomic E-state index is 0.198. The van der Waals surface area contributed by atoms with E-state index in [9.17, 15) is 14.4 Å². The maximum Gasteiger partial charge on any atom is 0.343 e. The lowest BCUT2D eigenvalue weighted by Crippen LogP contribution is -2.27. The number of ether oxygens (including phenoxy) is 2. The van der Waals surface area contributed by atoms with Crippen LogP contribution in [0.15, 0.2) is 65.6 Å². The van der Waals surface area contributed by atoms with Crippen LogP contribution in [0.5, 0.6) is 11.5 Å². The number of hydrogen-bond donors (Lipinski definition) is 0. The number of imide groups is 1. The fraction of sp³-hybridized carbons (Fsp3) is 0.0417. The topological polar surface area (TPSA) is 72.9 Å². The van der Waals surface area contributed by atoms with E-state index in [4.69, 9.17) is 44.3 Å². The zero-order valence-electron chi connectivity index (χ0n) is 17.4. The summed E-state index contributed by atoms with van der Waals surface area (Å²) in [4.78, 5) is 39.0. The van der Waals surface area contributed by atoms with Crippen LogP contribution in [0.25, 0.3) is 6.08 Å². The van der Waals surface area contributed by atoms with Crippen molar-refractivity contribution >= 4 is 75.4 Å². The second-order valence-corrected chi connectivity index (χ2v) is 9.17. The molecule has 4 rings (SSSR count). The van der Waals surface area contributed by atoms with Gasteiger partial charge in [0.2, 0.25) is 0 Å². The summed E-state index contributed by atoms with van der Waals surface area (Å²) in [5.74, 6) is -0.598. The first-order chi connectivity index (χ1) is 16.3. The van der Waals surface area contributed by atoms with E-state index in [2.05, 4.69) is 0 Å². The summed E-state index contributed by atoms with van der Waals surface area (Å²) in [6, 6.07) is 15.6. The van der Waals surface area contributed by atoms with Crippen LogP contribution in [0.3, 0.4) is 0 Å². The van der Waals surface area contributed by atoms with Gasteiger partial charge in [-0.1, -0.05) is 40.9 Å². The van der Waals surface area contributed by atoms with Gasteiger partial charge < -0.3 is 9.47 Å². The molecular weight excluding hydrogens is 521 g/mol. The molecule has 1 heterocycles. The molecule has 3 aromatic rings. The van der Waals surface area contributed by atoms with Gasteiger partial charge >= 0.3 is 5.97 Å². The molecule has 2 amide bonds. The third-order valence-corrected chi connectivity index (χ3v) is 6.58. The van der Waals surface area contributed by atoms with Crippen LogP contribution in [0.2, 0.25) is 15.1 Å². The zero-order chi connectivity index (χ0) is 24.4. The average molecular weight is 535 g/mol. The van der Waals surface area contributed by atoms with Crippen molar-refractivity contribution in [1.29, 1.82) is 0 Å². The SMILES string of the molecule is COc1cc(C=C2SC(=O)N(c3ccc(Cl)c(Cl)c3)C2=O)ccc1OC(=O)c1ccc(Cl)cc1. The van der Waals surface area contributed by atoms with Crippen LogP contribution < -0.4 is 14.4 Å². The zero-order valence-corrected chi connectivity index (χ0v) is 20.5. The molecule has 0 atom stereocenters. The van der Waals surface area contributed by atoms with Crippen LogP contribution in [0.4, 0.5) is 10.5 Å². The predicted octanol–water partition coefficient (Wildman–Crippen LogP) is 7.12. The maximum absolute atomic E-state index is 12.9. The van der Waals surface area contributed by atoms with Gasteiger partial charge in [-0.25, -0.2) is 9.69 Å². The fourth-order valence-electron chi connectivity index (χ4n) is 3.07. The van der Waals surface area contributed by atoms with E-state index in [-0.39, 0.29) is 21.4 Å². The molecule has 0 spiro atoms. The molecule has 1 fully saturated rings. The van der Waals surface area contributed by atoms with Crippen molar-refractivity contribution in [3.8, 4) is 11.5 Å². The summed E-state index contributed by atoms with van der Waals surface area (Å²) < 4.78 is 10.8. The molecule has 1 aliphatic heterocycles. The number of hydrogen-bond acceptors (Lipinski definition) is 6. The quantitative estimate of drug-likeness (QED) is 0.197. The normalized spacial score (nSPS) is 14.6. The molecule has 34 heavy (non-hydrogen) atoms. The van der Waals surface area contributed by atoms with Gasteiger partial charge in [-0.05, 0) is 78.0 Å². The molecule has 3 aromatic carbocycles. The number of methoxy groups -OCH3 is 1. The summed E-state index contributed by atoms with van der Waals surface area (Å²) in [5.41, 5.74) is 1.22. The van der Waals surface area contributed by atoms with Gasteiger partial charge in [-0.2, -0.15) is 0 Å². The molecule has 1 aliphatic rings. The van der Waals surface area contributed by atoms with E-state index in [1.807, 2.05) is 0 Å². The first-order valence-electron chi connectivity index (χ1n) is 9.65. The van der Waals surface area contributed by atoms with Gasteiger partial charge in [0.15, 0.2) is 11.5 Å². The number of anilines is 1. The Morgan fingerprint density at radius 3 is 2.32 bits per heavy atom. The number of thioether (sulfide) groups is 1. The third-order valence-electron chi connectivity index (χ3n) is 4.72. The van der Waals surface area contributed by atoms with E-state index in [0.717, 1.165) is 16.7 Å². The standard InChI is InChI=1S/C24H14Cl3NO5S/c1-32-20-10-13(2-9-19(20)33-23(30)14-3-5-15(25)6-4-14)11-21-22(29)28(24(31)34-21)16-7-8-17(26)18(27)12-16/h2-12H,1H3. The smallest absolute Gasteiger partial charge is 0.343 e. The van der Waals surface area contributed by atoms with Crippen LogP contribution in [0.1, 0.15) is 15.9 Å². The number of carbonyl (C=O) groups excluding carboxylic acids is 3. The molecule has 0 bridgehead atoms. The molecule has 172 valence electrons. The highest BCUT2D eigenvalue weighted by molar-refractivity contribution is 8.19. The highest BCUT2D eigenvalue weighted by Crippen LogP contribution is 2.38. The first-order valence-corrected chi connectivity index (χ1v) is 11.6. The molecule has 0 N–H and O–H groups in total. The number of esters is 1. The Kier molecular flexibility index (Phi) is 7.19. The molecule has 0 unspecified atom stereocenters. The Bertz CT molecular complexity index is 1340. The van der Waals surface area contributed by atoms with Crippen molar-refractivity contribution in [2.45, 2.75) is 0 Å². The average Bonchev–Trinajstić information content (AvgIpc) is 3.09. The number of nitrogens with zero attached hydrogens (tertiary/aromatic N) is 1. The van der Waals surface area contributed by atoms with Gasteiger partial charge in [0, 0.05) is 5.02 Å². The van der Waals surface area contributed by atoms with Gasteiger partial charge in [-0.3, -0.25) is 9.59 Å². The summed E-state index contributed by atoms with van der Waals surface area (Å²) in [6.45, 7) is 0. The lowest BCUT2D eigenvalue weighted by atomic mass is 10.1. The Morgan fingerprint density at radius 2 is 1.65 bits per heavy atom. The molecule has 0 saturated carbocycles. The summed E-state index contributed by atoms with van der Waals surface area (Å²) in [7, 11) is 1.43. The minimum atomic E-state index is -0.578. The molecular formula is C24H14Cl3NO5S. The molecule has 0 aromatic heterocycles. The number of rotatable bonds is 5. The van der Waals surface area contributed by atoms with E-state index in [1.54, 1.807) is 54.6 Å². The molecule has 1 saturated heterocycles. The molecule has 0 radical (unpaired) electrons. The molecule has 0 aliphatic carbocycles. The van der Waals surface area contributed by atoms with Gasteiger partial charge in [0.25, 0.3) is 11.1 Å². The predicted molar refractivity (Wildman–Crippen MR) is 134 cm³/mol. The number of halogens is 3. The van der Waals surface area contributed by atoms with E-state index in [1.165, 1.54) is 19.2 Å². The van der Waals surface area contributed by atoms with Gasteiger partial charge in [0.05, 0.1) is 33.3 Å². The van der Waals surface area contributed by atoms with Crippen LogP contribution in [-0.4, -0.2) is 24.2 Å². The molecule has 10 heteroatoms. The fourth-order valence-corrected chi connectivity index (χ4v) is 4.33. The van der Waals surface area contributed by atoms with Crippen molar-refractivity contribution in [2.24, 2.45) is 0 Å². The van der Waals surface area contributed by atoms with Crippen molar-refractivity contribution in [1.82, 2.24) is 0 Å². The minimum Gasteiger partial charge on any atom is -0.493 e. The number of carbonyl (C=O) groups is 3. The first kappa shape index (κ1) is 24.2. The highest BCUT2D eigenvalue weighted by atomic mass is 35.5. The summed E-state index contributed by atoms with van der Waals surface area (Å²) >= 11 is 18.6. The molecule has 6 nitrogen and oxygen atoms in total. The van der Waals surface area contributed by atoms with Crippen molar-refractivity contribution in [2.75, 3.05) is 12.0 Å². The van der Waals surface area contributed by atoms with Crippen LogP contribution >= 0.6 is 46.6 Å². The largest absolute Gasteiger partial charge is 0.493 e. The van der Waals surface area contributed by atoms with Crippen molar-refractivity contribution in [3.63, 3.8) is 0 Å². The second-order valence-electron chi connectivity index (χ2n) is 6.92. The Labute approximate surface area is 214 Å². The third kappa shape index (κ3) is 5.08. The van der Waals surface area contributed by atoms with Crippen molar-refractivity contribution < 1.29 is 23.9 Å². The lowest BCUT2D eigenvalue weighted by Gasteiger charge is -2.13. The van der Waals surface area contributed by atoms with Gasteiger partial charge in [0.1, 0.15) is 0 Å². The van der Waals surface area contributed by atoms with E-state index >= 15 is 0 Å². The maximum atomic E-state index is 12.9.